The van der Waals surface area contributed by atoms with Gasteiger partial charge in [0, 0.05) is 0 Å². The third kappa shape index (κ3) is 2.99. The number of aliphatic hydroxyl groups is 1. The molecule has 0 aromatic rings. The van der Waals surface area contributed by atoms with Crippen molar-refractivity contribution in [3.63, 3.8) is 0 Å². The van der Waals surface area contributed by atoms with Crippen LogP contribution in [0.3, 0.4) is 0 Å². The van der Waals surface area contributed by atoms with Crippen molar-refractivity contribution in [3.8, 4) is 0 Å². The van der Waals surface area contributed by atoms with Crippen LogP contribution < -0.4 is 63.6 Å². The molecule has 0 radical (unpaired) electrons. The van der Waals surface area contributed by atoms with Gasteiger partial charge in [0.25, 0.3) is 0 Å². The SMILES string of the molecule is OC1[I-]C[I-]C[I-]1. The molecule has 0 aromatic heterocycles. The third-order valence-corrected chi connectivity index (χ3v) is 17.9. The van der Waals surface area contributed by atoms with Gasteiger partial charge in [0.2, 0.25) is 0 Å². The molecule has 0 atom stereocenters. The number of hydrogen-bond donors (Lipinski definition) is 1. The number of rotatable bonds is 0. The van der Waals surface area contributed by atoms with Crippen molar-refractivity contribution in [2.45, 2.75) is 2.12 Å². The van der Waals surface area contributed by atoms with Crippen LogP contribution >= 0.6 is 0 Å². The molecule has 48 valence electrons. The Bertz CT molecular complexity index is 52.1. The van der Waals surface area contributed by atoms with Crippen molar-refractivity contribution in [2.75, 3.05) is 4.87 Å². The third-order valence-electron chi connectivity index (χ3n) is 0.514. The van der Waals surface area contributed by atoms with Crippen LogP contribution in [0.15, 0.2) is 0 Å². The summed E-state index contributed by atoms with van der Waals surface area (Å²) in [5.74, 6) is 0. The molecule has 1 heterocycles. The predicted molar refractivity (Wildman–Crippen MR) is 15.7 cm³/mol. The summed E-state index contributed by atoms with van der Waals surface area (Å²) in [6.45, 7) is 0. The standard InChI is InChI=1S/C3H6I3O/c7-3-5-1-4-2-6-3/h3,7H,1-2H2/q-3. The van der Waals surface area contributed by atoms with Crippen LogP contribution in [0.1, 0.15) is 0 Å². The second-order valence-corrected chi connectivity index (χ2v) is 17.5. The molecule has 0 spiro atoms. The summed E-state index contributed by atoms with van der Waals surface area (Å²) in [7, 11) is 0. The van der Waals surface area contributed by atoms with E-state index in [1.165, 1.54) is 4.87 Å². The molecule has 7 heavy (non-hydrogen) atoms. The van der Waals surface area contributed by atoms with E-state index in [-0.39, 0.29) is 2.12 Å². The van der Waals surface area contributed by atoms with Crippen molar-refractivity contribution in [3.05, 3.63) is 0 Å². The van der Waals surface area contributed by atoms with Gasteiger partial charge >= 0.3 is 75.7 Å². The van der Waals surface area contributed by atoms with Gasteiger partial charge in [-0.2, -0.15) is 0 Å². The Morgan fingerprint density at radius 2 is 1.86 bits per heavy atom. The first kappa shape index (κ1) is 7.26. The van der Waals surface area contributed by atoms with Crippen LogP contribution in [0.25, 0.3) is 0 Å². The summed E-state index contributed by atoms with van der Waals surface area (Å²) < 4.78 is 3.25. The first-order valence-corrected chi connectivity index (χ1v) is 10.4. The molecule has 4 heteroatoms. The normalized spacial score (nSPS) is 28.7. The molecule has 1 aliphatic rings. The van der Waals surface area contributed by atoms with E-state index in [0.717, 1.165) is 0 Å². The van der Waals surface area contributed by atoms with Crippen molar-refractivity contribution >= 4 is 0 Å². The number of alkyl halides is 6. The van der Waals surface area contributed by atoms with Gasteiger partial charge in [0.15, 0.2) is 0 Å². The number of halogens is 3. The summed E-state index contributed by atoms with van der Waals surface area (Å²) in [5, 5.41) is 9.02. The van der Waals surface area contributed by atoms with E-state index >= 15 is 0 Å². The zero-order valence-corrected chi connectivity index (χ0v) is 10.0. The van der Waals surface area contributed by atoms with Crippen molar-refractivity contribution in [2.24, 2.45) is 0 Å². The summed E-state index contributed by atoms with van der Waals surface area (Å²) >= 11 is 1.24. The monoisotopic (exact) mass is 439 g/mol. The van der Waals surface area contributed by atoms with Crippen LogP contribution in [0.4, 0.5) is 0 Å². The van der Waals surface area contributed by atoms with Crippen LogP contribution in [0.2, 0.25) is 0 Å². The summed E-state index contributed by atoms with van der Waals surface area (Å²) in [5.41, 5.74) is 0. The van der Waals surface area contributed by atoms with Gasteiger partial charge < -0.3 is 0 Å². The van der Waals surface area contributed by atoms with Gasteiger partial charge in [0.1, 0.15) is 0 Å². The minimum atomic E-state index is 0.283. The molecular weight excluding hydrogens is 433 g/mol. The van der Waals surface area contributed by atoms with Crippen molar-refractivity contribution in [1.29, 1.82) is 0 Å². The zero-order valence-electron chi connectivity index (χ0n) is 3.57. The van der Waals surface area contributed by atoms with Crippen LogP contribution in [0, 0.1) is 0 Å². The molecule has 1 rings (SSSR count). The van der Waals surface area contributed by atoms with E-state index in [1.807, 2.05) is 0 Å². The average Bonchev–Trinajstić information content (AvgIpc) is 1.69. The molecule has 1 fully saturated rings. The molecule has 0 saturated carbocycles. The minimum absolute atomic E-state index is 0.283. The second-order valence-electron chi connectivity index (χ2n) is 0.977. The Hall–Kier alpha value is 2.15. The Morgan fingerprint density at radius 3 is 2.14 bits per heavy atom. The van der Waals surface area contributed by atoms with E-state index in [0.29, 0.717) is 63.6 Å². The Labute approximate surface area is 74.4 Å². The maximum atomic E-state index is 9.02. The summed E-state index contributed by atoms with van der Waals surface area (Å²) in [6.07, 6.45) is 0. The molecule has 0 bridgehead atoms. The molecule has 0 amide bonds. The van der Waals surface area contributed by atoms with E-state index in [9.17, 15) is 0 Å². The first-order chi connectivity index (χ1) is 3.39. The van der Waals surface area contributed by atoms with Crippen LogP contribution in [-0.4, -0.2) is 12.1 Å². The Morgan fingerprint density at radius 1 is 1.29 bits per heavy atom. The van der Waals surface area contributed by atoms with Gasteiger partial charge in [-0.15, -0.1) is 0 Å². The van der Waals surface area contributed by atoms with E-state index in [2.05, 4.69) is 0 Å². The summed E-state index contributed by atoms with van der Waals surface area (Å²) in [6, 6.07) is 0. The van der Waals surface area contributed by atoms with Crippen molar-refractivity contribution in [1.82, 2.24) is 0 Å². The zero-order chi connectivity index (χ0) is 5.11. The fourth-order valence-electron chi connectivity index (χ4n) is 0.247. The quantitative estimate of drug-likeness (QED) is 0.294. The Kier molecular flexibility index (Phi) is 4.19. The van der Waals surface area contributed by atoms with Crippen LogP contribution in [0.5, 0.6) is 0 Å². The topological polar surface area (TPSA) is 20.2 Å². The van der Waals surface area contributed by atoms with Crippen molar-refractivity contribution < 1.29 is 68.7 Å². The molecule has 0 unspecified atom stereocenters. The van der Waals surface area contributed by atoms with Crippen LogP contribution in [-0.2, 0) is 0 Å². The molecule has 1 nitrogen and oxygen atoms in total. The van der Waals surface area contributed by atoms with E-state index in [1.54, 1.807) is 0 Å². The second kappa shape index (κ2) is 4.04. The number of aliphatic hydroxyl groups excluding tert-OH is 1. The van der Waals surface area contributed by atoms with Gasteiger partial charge in [-0.3, -0.25) is 0 Å². The maximum absolute atomic E-state index is 9.02. The van der Waals surface area contributed by atoms with Gasteiger partial charge in [0.05, 0.1) is 0 Å². The van der Waals surface area contributed by atoms with E-state index in [4.69, 9.17) is 5.11 Å². The Balaban J connectivity index is 2.12. The number of hydrogen-bond acceptors (Lipinski definition) is 1. The average molecular weight is 439 g/mol. The molecule has 1 N–H and O–H groups in total. The molecule has 0 aromatic carbocycles. The molecule has 1 saturated heterocycles. The molecule has 0 aliphatic carbocycles. The van der Waals surface area contributed by atoms with Gasteiger partial charge in [-0.1, -0.05) is 0 Å². The summed E-state index contributed by atoms with van der Waals surface area (Å²) in [4.78, 5) is 0. The van der Waals surface area contributed by atoms with E-state index < -0.39 is 0 Å². The molecular formula is C3H6I3O-3. The van der Waals surface area contributed by atoms with Gasteiger partial charge in [-0.05, 0) is 0 Å². The fourth-order valence-corrected chi connectivity index (χ4v) is 29.4. The first-order valence-electron chi connectivity index (χ1n) is 1.76. The van der Waals surface area contributed by atoms with Gasteiger partial charge in [-0.25, -0.2) is 0 Å². The fraction of sp³-hybridized carbons (Fsp3) is 1.00. The molecule has 1 aliphatic heterocycles. The predicted octanol–water partition coefficient (Wildman–Crippen LogP) is -9.54.